The average molecular weight is 317 g/mol. The van der Waals surface area contributed by atoms with Crippen LogP contribution in [0.1, 0.15) is 18.4 Å². The van der Waals surface area contributed by atoms with Crippen molar-refractivity contribution in [1.82, 2.24) is 14.5 Å². The summed E-state index contributed by atoms with van der Waals surface area (Å²) in [7, 11) is 0. The summed E-state index contributed by atoms with van der Waals surface area (Å²) in [4.78, 5) is 6.42. The first kappa shape index (κ1) is 16.1. The SMILES string of the molecule is Fc1ccccc1CN(CCCn1ccnc1)CC1CCOC1. The van der Waals surface area contributed by atoms with Crippen LogP contribution in [-0.4, -0.2) is 40.8 Å². The third-order valence-corrected chi connectivity index (χ3v) is 4.34. The average Bonchev–Trinajstić information content (AvgIpc) is 3.23. The van der Waals surface area contributed by atoms with E-state index in [4.69, 9.17) is 4.74 Å². The van der Waals surface area contributed by atoms with Crippen LogP contribution in [0.4, 0.5) is 4.39 Å². The van der Waals surface area contributed by atoms with E-state index >= 15 is 0 Å². The molecular weight excluding hydrogens is 293 g/mol. The fraction of sp³-hybridized carbons (Fsp3) is 0.500. The van der Waals surface area contributed by atoms with Crippen molar-refractivity contribution < 1.29 is 9.13 Å². The van der Waals surface area contributed by atoms with Crippen molar-refractivity contribution in [3.05, 3.63) is 54.4 Å². The molecule has 5 heteroatoms. The summed E-state index contributed by atoms with van der Waals surface area (Å²) in [6.45, 7) is 5.20. The van der Waals surface area contributed by atoms with Gasteiger partial charge in [-0.25, -0.2) is 9.37 Å². The van der Waals surface area contributed by atoms with Crippen LogP contribution in [0.3, 0.4) is 0 Å². The second-order valence-corrected chi connectivity index (χ2v) is 6.21. The second kappa shape index (κ2) is 8.22. The van der Waals surface area contributed by atoms with Gasteiger partial charge in [0.2, 0.25) is 0 Å². The highest BCUT2D eigenvalue weighted by Gasteiger charge is 2.19. The number of benzene rings is 1. The Morgan fingerprint density at radius 3 is 3.00 bits per heavy atom. The lowest BCUT2D eigenvalue weighted by molar-refractivity contribution is 0.162. The van der Waals surface area contributed by atoms with Gasteiger partial charge in [-0.1, -0.05) is 18.2 Å². The van der Waals surface area contributed by atoms with E-state index in [1.807, 2.05) is 24.7 Å². The monoisotopic (exact) mass is 317 g/mol. The normalized spacial score (nSPS) is 17.9. The van der Waals surface area contributed by atoms with Gasteiger partial charge in [-0.2, -0.15) is 0 Å². The Balaban J connectivity index is 1.57. The van der Waals surface area contributed by atoms with E-state index < -0.39 is 0 Å². The number of aromatic nitrogens is 2. The van der Waals surface area contributed by atoms with Crippen molar-refractivity contribution in [1.29, 1.82) is 0 Å². The van der Waals surface area contributed by atoms with E-state index in [2.05, 4.69) is 14.5 Å². The molecule has 0 saturated carbocycles. The van der Waals surface area contributed by atoms with Gasteiger partial charge in [-0.05, 0) is 24.8 Å². The number of hydrogen-bond acceptors (Lipinski definition) is 3. The Morgan fingerprint density at radius 2 is 2.26 bits per heavy atom. The van der Waals surface area contributed by atoms with Crippen molar-refractivity contribution in [2.24, 2.45) is 5.92 Å². The van der Waals surface area contributed by atoms with Crippen LogP contribution in [0, 0.1) is 11.7 Å². The van der Waals surface area contributed by atoms with Gasteiger partial charge in [-0.3, -0.25) is 4.90 Å². The third-order valence-electron chi connectivity index (χ3n) is 4.34. The molecule has 0 aliphatic carbocycles. The van der Waals surface area contributed by atoms with Crippen molar-refractivity contribution in [2.75, 3.05) is 26.3 Å². The molecular formula is C18H24FN3O. The molecule has 1 aliphatic rings. The molecule has 1 unspecified atom stereocenters. The smallest absolute Gasteiger partial charge is 0.127 e. The molecule has 0 amide bonds. The van der Waals surface area contributed by atoms with Gasteiger partial charge in [0.05, 0.1) is 12.9 Å². The van der Waals surface area contributed by atoms with Gasteiger partial charge in [0.15, 0.2) is 0 Å². The molecule has 1 aromatic carbocycles. The van der Waals surface area contributed by atoms with Gasteiger partial charge < -0.3 is 9.30 Å². The van der Waals surface area contributed by atoms with Crippen LogP contribution >= 0.6 is 0 Å². The zero-order valence-electron chi connectivity index (χ0n) is 13.4. The molecule has 0 spiro atoms. The molecule has 1 saturated heterocycles. The van der Waals surface area contributed by atoms with Gasteiger partial charge >= 0.3 is 0 Å². The van der Waals surface area contributed by atoms with E-state index in [1.54, 1.807) is 12.3 Å². The quantitative estimate of drug-likeness (QED) is 0.750. The molecule has 1 aromatic heterocycles. The summed E-state index contributed by atoms with van der Waals surface area (Å²) in [6, 6.07) is 7.06. The molecule has 3 rings (SSSR count). The highest BCUT2D eigenvalue weighted by atomic mass is 19.1. The lowest BCUT2D eigenvalue weighted by Crippen LogP contribution is -2.31. The van der Waals surface area contributed by atoms with Crippen LogP contribution in [0.25, 0.3) is 0 Å². The van der Waals surface area contributed by atoms with Gasteiger partial charge in [0, 0.05) is 50.7 Å². The van der Waals surface area contributed by atoms with Crippen LogP contribution in [-0.2, 0) is 17.8 Å². The predicted octanol–water partition coefficient (Wildman–Crippen LogP) is 2.95. The maximum absolute atomic E-state index is 13.9. The minimum Gasteiger partial charge on any atom is -0.381 e. The Morgan fingerprint density at radius 1 is 1.35 bits per heavy atom. The molecule has 124 valence electrons. The minimum absolute atomic E-state index is 0.116. The number of ether oxygens (including phenoxy) is 1. The number of aryl methyl sites for hydroxylation is 1. The van der Waals surface area contributed by atoms with E-state index in [-0.39, 0.29) is 5.82 Å². The zero-order chi connectivity index (χ0) is 15.9. The second-order valence-electron chi connectivity index (χ2n) is 6.21. The van der Waals surface area contributed by atoms with Gasteiger partial charge in [0.1, 0.15) is 5.82 Å². The molecule has 0 bridgehead atoms. The van der Waals surface area contributed by atoms with Crippen LogP contribution in [0.2, 0.25) is 0 Å². The largest absolute Gasteiger partial charge is 0.381 e. The molecule has 1 aliphatic heterocycles. The highest BCUT2D eigenvalue weighted by Crippen LogP contribution is 2.17. The summed E-state index contributed by atoms with van der Waals surface area (Å²) in [5.74, 6) is 0.449. The van der Waals surface area contributed by atoms with E-state index in [0.717, 1.165) is 51.3 Å². The third kappa shape index (κ3) is 4.88. The van der Waals surface area contributed by atoms with Crippen LogP contribution in [0.5, 0.6) is 0 Å². The van der Waals surface area contributed by atoms with E-state index in [1.165, 1.54) is 6.07 Å². The van der Waals surface area contributed by atoms with Crippen molar-refractivity contribution in [2.45, 2.75) is 25.9 Å². The number of rotatable bonds is 8. The molecule has 1 fully saturated rings. The zero-order valence-corrected chi connectivity index (χ0v) is 13.4. The fourth-order valence-corrected chi connectivity index (χ4v) is 3.09. The number of nitrogens with zero attached hydrogens (tertiary/aromatic N) is 3. The van der Waals surface area contributed by atoms with Crippen LogP contribution in [0.15, 0.2) is 43.0 Å². The van der Waals surface area contributed by atoms with E-state index in [9.17, 15) is 4.39 Å². The highest BCUT2D eigenvalue weighted by molar-refractivity contribution is 5.17. The summed E-state index contributed by atoms with van der Waals surface area (Å²) in [5.41, 5.74) is 0.772. The molecule has 1 atom stereocenters. The van der Waals surface area contributed by atoms with Crippen molar-refractivity contribution in [3.8, 4) is 0 Å². The van der Waals surface area contributed by atoms with Gasteiger partial charge in [0.25, 0.3) is 0 Å². The predicted molar refractivity (Wildman–Crippen MR) is 87.4 cm³/mol. The van der Waals surface area contributed by atoms with E-state index in [0.29, 0.717) is 12.5 Å². The Bertz CT molecular complexity index is 582. The molecule has 0 radical (unpaired) electrons. The summed E-state index contributed by atoms with van der Waals surface area (Å²) >= 11 is 0. The fourth-order valence-electron chi connectivity index (χ4n) is 3.09. The first-order chi connectivity index (χ1) is 11.3. The van der Waals surface area contributed by atoms with Crippen molar-refractivity contribution in [3.63, 3.8) is 0 Å². The molecule has 0 N–H and O–H groups in total. The molecule has 4 nitrogen and oxygen atoms in total. The minimum atomic E-state index is -0.116. The number of hydrogen-bond donors (Lipinski definition) is 0. The summed E-state index contributed by atoms with van der Waals surface area (Å²) in [6.07, 6.45) is 7.75. The molecule has 2 aromatic rings. The maximum Gasteiger partial charge on any atom is 0.127 e. The number of imidazole rings is 1. The van der Waals surface area contributed by atoms with Crippen LogP contribution < -0.4 is 0 Å². The van der Waals surface area contributed by atoms with Crippen molar-refractivity contribution >= 4 is 0 Å². The lowest BCUT2D eigenvalue weighted by atomic mass is 10.1. The summed E-state index contributed by atoms with van der Waals surface area (Å²) < 4.78 is 21.5. The molecule has 23 heavy (non-hydrogen) atoms. The Kier molecular flexibility index (Phi) is 5.77. The van der Waals surface area contributed by atoms with Gasteiger partial charge in [-0.15, -0.1) is 0 Å². The topological polar surface area (TPSA) is 30.3 Å². The maximum atomic E-state index is 13.9. The molecule has 2 heterocycles. The Labute approximate surface area is 136 Å². The lowest BCUT2D eigenvalue weighted by Gasteiger charge is -2.25. The Hall–Kier alpha value is -1.72. The summed E-state index contributed by atoms with van der Waals surface area (Å²) in [5, 5.41) is 0. The standard InChI is InChI=1S/C18H24FN3O/c19-18-5-2-1-4-17(18)13-22(12-16-6-11-23-14-16)9-3-8-21-10-7-20-15-21/h1-2,4-5,7,10,15-16H,3,6,8-9,11-14H2. The first-order valence-corrected chi connectivity index (χ1v) is 8.30. The first-order valence-electron chi connectivity index (χ1n) is 8.30. The number of halogens is 1.